The fourth-order valence-corrected chi connectivity index (χ4v) is 5.37. The highest BCUT2D eigenvalue weighted by molar-refractivity contribution is 8.00. The Balaban J connectivity index is 1.43. The quantitative estimate of drug-likeness (QED) is 0.632. The van der Waals surface area contributed by atoms with E-state index >= 15 is 0 Å². The molecule has 1 aromatic carbocycles. The number of carbonyl (C=O) groups excluding carboxylic acids is 2. The van der Waals surface area contributed by atoms with Gasteiger partial charge in [0.05, 0.1) is 23.4 Å². The highest BCUT2D eigenvalue weighted by Crippen LogP contribution is 2.40. The molecule has 166 valence electrons. The van der Waals surface area contributed by atoms with Gasteiger partial charge in [0.15, 0.2) is 0 Å². The lowest BCUT2D eigenvalue weighted by molar-refractivity contribution is -0.128. The maximum absolute atomic E-state index is 13.0. The van der Waals surface area contributed by atoms with Gasteiger partial charge in [0.25, 0.3) is 5.91 Å². The van der Waals surface area contributed by atoms with Crippen molar-refractivity contribution < 1.29 is 14.3 Å². The predicted molar refractivity (Wildman–Crippen MR) is 124 cm³/mol. The monoisotopic (exact) mass is 441 g/mol. The smallest absolute Gasteiger partial charge is 0.251 e. The molecule has 2 amide bonds. The molecule has 3 aliphatic rings. The summed E-state index contributed by atoms with van der Waals surface area (Å²) in [5, 5.41) is 9.81. The van der Waals surface area contributed by atoms with Crippen LogP contribution in [0.3, 0.4) is 0 Å². The predicted octanol–water partition coefficient (Wildman–Crippen LogP) is 3.26. The Hall–Kier alpha value is -2.25. The van der Waals surface area contributed by atoms with Crippen molar-refractivity contribution in [3.8, 4) is 0 Å². The topological polar surface area (TPSA) is 79.5 Å². The summed E-state index contributed by atoms with van der Waals surface area (Å²) < 4.78 is 5.55. The second-order valence-corrected chi connectivity index (χ2v) is 10.1. The number of fused-ring (bicyclic) bond motifs is 2. The van der Waals surface area contributed by atoms with E-state index in [1.54, 1.807) is 11.8 Å². The van der Waals surface area contributed by atoms with E-state index in [0.29, 0.717) is 18.6 Å². The first-order valence-corrected chi connectivity index (χ1v) is 11.9. The van der Waals surface area contributed by atoms with Gasteiger partial charge in [0, 0.05) is 22.8 Å². The summed E-state index contributed by atoms with van der Waals surface area (Å²) in [5.41, 5.74) is 1.68. The van der Waals surface area contributed by atoms with E-state index < -0.39 is 6.04 Å². The van der Waals surface area contributed by atoms with Crippen LogP contribution in [-0.4, -0.2) is 47.9 Å². The van der Waals surface area contributed by atoms with Crippen molar-refractivity contribution in [3.05, 3.63) is 48.1 Å². The van der Waals surface area contributed by atoms with Crippen molar-refractivity contribution >= 4 is 29.3 Å². The molecule has 0 bridgehead atoms. The molecule has 7 heteroatoms. The van der Waals surface area contributed by atoms with Crippen LogP contribution in [0.1, 0.15) is 33.6 Å². The second kappa shape index (κ2) is 9.49. The van der Waals surface area contributed by atoms with E-state index in [1.807, 2.05) is 31.2 Å². The Morgan fingerprint density at radius 3 is 2.84 bits per heavy atom. The molecule has 0 saturated carbocycles. The SMILES string of the molecule is CC(C)C[C@H](NC(=O)C1=CC2Nc3ccccc3SC2C=C1)C(=O)N[C@H]1CCO[C@@H]1C. The van der Waals surface area contributed by atoms with Crippen molar-refractivity contribution in [2.24, 2.45) is 5.92 Å². The van der Waals surface area contributed by atoms with E-state index in [0.717, 1.165) is 12.1 Å². The molecule has 0 aromatic heterocycles. The molecule has 2 unspecified atom stereocenters. The number of benzene rings is 1. The van der Waals surface area contributed by atoms with Gasteiger partial charge in [-0.15, -0.1) is 11.8 Å². The molecule has 3 N–H and O–H groups in total. The average Bonchev–Trinajstić information content (AvgIpc) is 3.15. The summed E-state index contributed by atoms with van der Waals surface area (Å²) in [5.74, 6) is -0.0682. The first-order valence-electron chi connectivity index (χ1n) is 11.1. The van der Waals surface area contributed by atoms with E-state index in [-0.39, 0.29) is 41.2 Å². The number of hydrogen-bond acceptors (Lipinski definition) is 5. The fraction of sp³-hybridized carbons (Fsp3) is 0.500. The highest BCUT2D eigenvalue weighted by Gasteiger charge is 2.32. The van der Waals surface area contributed by atoms with E-state index in [2.05, 4.69) is 48.0 Å². The van der Waals surface area contributed by atoms with Gasteiger partial charge in [-0.2, -0.15) is 0 Å². The normalized spacial score (nSPS) is 27.5. The molecular weight excluding hydrogens is 410 g/mol. The molecule has 0 spiro atoms. The third kappa shape index (κ3) is 5.15. The summed E-state index contributed by atoms with van der Waals surface area (Å²) in [6.07, 6.45) is 7.30. The standard InChI is InChI=1S/C24H31N3O3S/c1-14(2)12-20(24(29)26-17-10-11-30-15(17)3)27-23(28)16-8-9-22-19(13-16)25-18-6-4-5-7-21(18)31-22/h4-9,13-15,17,19-20,22,25H,10-12H2,1-3H3,(H,26,29)(H,27,28)/t15-,17+,19?,20+,22?/m1/s1. The largest absolute Gasteiger partial charge is 0.376 e. The number of carbonyl (C=O) groups is 2. The average molecular weight is 442 g/mol. The van der Waals surface area contributed by atoms with Crippen LogP contribution in [0.2, 0.25) is 0 Å². The summed E-state index contributed by atoms with van der Waals surface area (Å²) in [4.78, 5) is 27.2. The Bertz CT molecular complexity index is 898. The fourth-order valence-electron chi connectivity index (χ4n) is 4.21. The van der Waals surface area contributed by atoms with Crippen molar-refractivity contribution in [1.82, 2.24) is 10.6 Å². The molecule has 5 atom stereocenters. The zero-order valence-corrected chi connectivity index (χ0v) is 19.1. The van der Waals surface area contributed by atoms with Crippen LogP contribution < -0.4 is 16.0 Å². The van der Waals surface area contributed by atoms with Gasteiger partial charge in [0.1, 0.15) is 6.04 Å². The number of thioether (sulfide) groups is 1. The van der Waals surface area contributed by atoms with Gasteiger partial charge in [-0.05, 0) is 43.9 Å². The molecule has 6 nitrogen and oxygen atoms in total. The number of para-hydroxylation sites is 1. The van der Waals surface area contributed by atoms with Crippen LogP contribution in [0, 0.1) is 5.92 Å². The third-order valence-electron chi connectivity index (χ3n) is 5.95. The summed E-state index contributed by atoms with van der Waals surface area (Å²) in [7, 11) is 0. The minimum Gasteiger partial charge on any atom is -0.376 e. The number of nitrogens with one attached hydrogen (secondary N) is 3. The van der Waals surface area contributed by atoms with E-state index in [1.165, 1.54) is 4.90 Å². The summed E-state index contributed by atoms with van der Waals surface area (Å²) >= 11 is 1.80. The molecular formula is C24H31N3O3S. The molecule has 1 aliphatic carbocycles. The zero-order valence-electron chi connectivity index (χ0n) is 18.3. The first-order chi connectivity index (χ1) is 14.9. The summed E-state index contributed by atoms with van der Waals surface area (Å²) in [6, 6.07) is 7.68. The van der Waals surface area contributed by atoms with E-state index in [4.69, 9.17) is 4.74 Å². The van der Waals surface area contributed by atoms with Gasteiger partial charge in [-0.25, -0.2) is 0 Å². The molecule has 1 aromatic rings. The van der Waals surface area contributed by atoms with Crippen LogP contribution in [0.15, 0.2) is 53.0 Å². The lowest BCUT2D eigenvalue weighted by Gasteiger charge is -2.33. The minimum absolute atomic E-state index is 0.00183. The van der Waals surface area contributed by atoms with Gasteiger partial charge in [0.2, 0.25) is 5.91 Å². The van der Waals surface area contributed by atoms with Gasteiger partial charge >= 0.3 is 0 Å². The maximum Gasteiger partial charge on any atom is 0.251 e. The van der Waals surface area contributed by atoms with Crippen molar-refractivity contribution in [2.75, 3.05) is 11.9 Å². The number of hydrogen-bond donors (Lipinski definition) is 3. The number of rotatable bonds is 6. The summed E-state index contributed by atoms with van der Waals surface area (Å²) in [6.45, 7) is 6.73. The lowest BCUT2D eigenvalue weighted by Crippen LogP contribution is -2.52. The molecule has 1 saturated heterocycles. The zero-order chi connectivity index (χ0) is 22.0. The Morgan fingerprint density at radius 1 is 1.29 bits per heavy atom. The molecule has 2 aliphatic heterocycles. The minimum atomic E-state index is -0.568. The van der Waals surface area contributed by atoms with Gasteiger partial charge in [-0.3, -0.25) is 9.59 Å². The van der Waals surface area contributed by atoms with E-state index in [9.17, 15) is 9.59 Å². The highest BCUT2D eigenvalue weighted by atomic mass is 32.2. The Kier molecular flexibility index (Phi) is 6.72. The Labute approximate surface area is 188 Å². The van der Waals surface area contributed by atoms with Crippen LogP contribution in [0.25, 0.3) is 0 Å². The maximum atomic E-state index is 13.0. The van der Waals surface area contributed by atoms with Crippen LogP contribution in [0.4, 0.5) is 5.69 Å². The Morgan fingerprint density at radius 2 is 2.10 bits per heavy atom. The third-order valence-corrected chi connectivity index (χ3v) is 7.28. The molecule has 31 heavy (non-hydrogen) atoms. The molecule has 4 rings (SSSR count). The molecule has 0 radical (unpaired) electrons. The number of amides is 2. The van der Waals surface area contributed by atoms with Crippen molar-refractivity contribution in [2.45, 2.75) is 68.0 Å². The van der Waals surface area contributed by atoms with Crippen LogP contribution in [0.5, 0.6) is 0 Å². The van der Waals surface area contributed by atoms with Gasteiger partial charge in [-0.1, -0.05) is 38.1 Å². The lowest BCUT2D eigenvalue weighted by atomic mass is 9.98. The second-order valence-electron chi connectivity index (χ2n) is 8.87. The van der Waals surface area contributed by atoms with Crippen LogP contribution in [-0.2, 0) is 14.3 Å². The van der Waals surface area contributed by atoms with Crippen molar-refractivity contribution in [3.63, 3.8) is 0 Å². The van der Waals surface area contributed by atoms with Crippen LogP contribution >= 0.6 is 11.8 Å². The number of ether oxygens (including phenoxy) is 1. The van der Waals surface area contributed by atoms with Crippen molar-refractivity contribution in [1.29, 1.82) is 0 Å². The van der Waals surface area contributed by atoms with Gasteiger partial charge < -0.3 is 20.7 Å². The number of anilines is 1. The first kappa shape index (κ1) is 22.0. The molecule has 1 fully saturated rings. The molecule has 2 heterocycles.